The third-order valence-corrected chi connectivity index (χ3v) is 7.46. The quantitative estimate of drug-likeness (QED) is 0.364. The van der Waals surface area contributed by atoms with Crippen LogP contribution in [0.15, 0.2) is 36.4 Å². The lowest BCUT2D eigenvalue weighted by Gasteiger charge is -2.20. The van der Waals surface area contributed by atoms with Crippen LogP contribution in [0.2, 0.25) is 0 Å². The molecule has 35 heavy (non-hydrogen) atoms. The van der Waals surface area contributed by atoms with Gasteiger partial charge in [-0.25, -0.2) is 8.42 Å². The molecule has 0 saturated carbocycles. The van der Waals surface area contributed by atoms with Crippen LogP contribution in [0, 0.1) is 19.3 Å². The highest BCUT2D eigenvalue weighted by molar-refractivity contribution is 7.90. The van der Waals surface area contributed by atoms with Gasteiger partial charge in [0.15, 0.2) is 5.78 Å². The maximum atomic E-state index is 12.2. The van der Waals surface area contributed by atoms with E-state index in [-0.39, 0.29) is 18.1 Å². The Morgan fingerprint density at radius 3 is 2.34 bits per heavy atom. The summed E-state index contributed by atoms with van der Waals surface area (Å²) >= 11 is 0. The Morgan fingerprint density at radius 1 is 1.06 bits per heavy atom. The Labute approximate surface area is 212 Å². The molecular formula is C29H43NO4S. The Morgan fingerprint density at radius 2 is 1.77 bits per heavy atom. The standard InChI is InChI=1S/C29H43NO4S/c1-8-24(25-13-14-27(22(3)18-25)34-20-28(31)29(4,5)6)11-9-23-10-12-26(21(2)17-23)19-30-15-16-35(7,32)33/h10,12-14,17-18,24,30H,8-9,11,15-16,19-20H2,1-7H3. The summed E-state index contributed by atoms with van der Waals surface area (Å²) in [5.41, 5.74) is 5.72. The zero-order valence-electron chi connectivity index (χ0n) is 22.5. The van der Waals surface area contributed by atoms with E-state index in [0.717, 1.165) is 30.6 Å². The highest BCUT2D eigenvalue weighted by Gasteiger charge is 2.22. The summed E-state index contributed by atoms with van der Waals surface area (Å²) < 4.78 is 28.4. The second-order valence-corrected chi connectivity index (χ2v) is 13.0. The van der Waals surface area contributed by atoms with Crippen molar-refractivity contribution >= 4 is 15.6 Å². The first-order valence-electron chi connectivity index (χ1n) is 12.5. The van der Waals surface area contributed by atoms with Crippen LogP contribution in [-0.4, -0.2) is 39.4 Å². The second kappa shape index (κ2) is 12.7. The first kappa shape index (κ1) is 29.1. The lowest BCUT2D eigenvalue weighted by molar-refractivity contribution is -0.128. The molecule has 0 heterocycles. The minimum Gasteiger partial charge on any atom is -0.486 e. The molecule has 0 aliphatic rings. The topological polar surface area (TPSA) is 72.5 Å². The zero-order chi connectivity index (χ0) is 26.2. The van der Waals surface area contributed by atoms with E-state index >= 15 is 0 Å². The molecule has 1 unspecified atom stereocenters. The van der Waals surface area contributed by atoms with E-state index in [1.165, 1.54) is 28.5 Å². The van der Waals surface area contributed by atoms with Crippen LogP contribution >= 0.6 is 0 Å². The number of Topliss-reactive ketones (excluding diaryl/α,β-unsaturated/α-hetero) is 1. The number of nitrogens with one attached hydrogen (secondary N) is 1. The fourth-order valence-corrected chi connectivity index (χ4v) is 4.50. The van der Waals surface area contributed by atoms with E-state index in [4.69, 9.17) is 4.74 Å². The fourth-order valence-electron chi connectivity index (χ4n) is 3.99. The van der Waals surface area contributed by atoms with Crippen LogP contribution in [0.4, 0.5) is 0 Å². The molecule has 0 aromatic heterocycles. The maximum Gasteiger partial charge on any atom is 0.175 e. The van der Waals surface area contributed by atoms with Crippen LogP contribution in [-0.2, 0) is 27.6 Å². The van der Waals surface area contributed by atoms with Crippen molar-refractivity contribution in [2.75, 3.05) is 25.2 Å². The second-order valence-electron chi connectivity index (χ2n) is 10.7. The molecule has 194 valence electrons. The van der Waals surface area contributed by atoms with Gasteiger partial charge in [-0.15, -0.1) is 0 Å². The van der Waals surface area contributed by atoms with Crippen molar-refractivity contribution in [2.24, 2.45) is 5.41 Å². The van der Waals surface area contributed by atoms with Crippen LogP contribution in [0.5, 0.6) is 5.75 Å². The Balaban J connectivity index is 1.94. The van der Waals surface area contributed by atoms with Gasteiger partial charge in [0.05, 0.1) is 5.75 Å². The SMILES string of the molecule is CCC(CCc1ccc(CNCCS(C)(=O)=O)c(C)c1)c1ccc(OCC(=O)C(C)(C)C)c(C)c1. The van der Waals surface area contributed by atoms with Crippen molar-refractivity contribution in [3.05, 3.63) is 64.2 Å². The minimum atomic E-state index is -2.94. The first-order valence-corrected chi connectivity index (χ1v) is 14.6. The van der Waals surface area contributed by atoms with Crippen molar-refractivity contribution in [3.8, 4) is 5.75 Å². The number of ether oxygens (including phenoxy) is 1. The van der Waals surface area contributed by atoms with Gasteiger partial charge >= 0.3 is 0 Å². The Kier molecular flexibility index (Phi) is 10.5. The van der Waals surface area contributed by atoms with Gasteiger partial charge in [-0.05, 0) is 72.9 Å². The number of ketones is 1. The molecule has 5 nitrogen and oxygen atoms in total. The van der Waals surface area contributed by atoms with Gasteiger partial charge in [-0.1, -0.05) is 58.0 Å². The first-order chi connectivity index (χ1) is 16.3. The molecule has 2 rings (SSSR count). The normalized spacial score (nSPS) is 13.0. The molecule has 0 aliphatic carbocycles. The largest absolute Gasteiger partial charge is 0.486 e. The molecule has 0 fully saturated rings. The van der Waals surface area contributed by atoms with E-state index in [2.05, 4.69) is 49.5 Å². The van der Waals surface area contributed by atoms with Gasteiger partial charge in [0.2, 0.25) is 0 Å². The van der Waals surface area contributed by atoms with E-state index in [1.54, 1.807) is 0 Å². The molecular weight excluding hydrogens is 458 g/mol. The van der Waals surface area contributed by atoms with E-state index in [1.807, 2.05) is 33.8 Å². The number of carbonyl (C=O) groups excluding carboxylic acids is 1. The molecule has 2 aromatic carbocycles. The predicted molar refractivity (Wildman–Crippen MR) is 145 cm³/mol. The van der Waals surface area contributed by atoms with Crippen molar-refractivity contribution in [1.29, 1.82) is 0 Å². The number of aryl methyl sites for hydroxylation is 3. The smallest absolute Gasteiger partial charge is 0.175 e. The average molecular weight is 502 g/mol. The molecule has 2 aromatic rings. The van der Waals surface area contributed by atoms with Crippen LogP contribution in [0.3, 0.4) is 0 Å². The van der Waals surface area contributed by atoms with Gasteiger partial charge in [-0.3, -0.25) is 4.79 Å². The summed E-state index contributed by atoms with van der Waals surface area (Å²) in [6.45, 7) is 13.4. The van der Waals surface area contributed by atoms with Crippen LogP contribution in [0.1, 0.15) is 74.3 Å². The number of hydrogen-bond donors (Lipinski definition) is 1. The summed E-state index contributed by atoms with van der Waals surface area (Å²) in [6, 6.07) is 12.9. The third kappa shape index (κ3) is 9.77. The van der Waals surface area contributed by atoms with E-state index < -0.39 is 15.3 Å². The Bertz CT molecular complexity index is 1100. The zero-order valence-corrected chi connectivity index (χ0v) is 23.3. The molecule has 6 heteroatoms. The van der Waals surface area contributed by atoms with Gasteiger partial charge in [-0.2, -0.15) is 0 Å². The molecule has 1 atom stereocenters. The molecule has 0 aliphatic heterocycles. The van der Waals surface area contributed by atoms with Gasteiger partial charge in [0.25, 0.3) is 0 Å². The number of benzene rings is 2. The Hall–Kier alpha value is -2.18. The summed E-state index contributed by atoms with van der Waals surface area (Å²) in [6.07, 6.45) is 4.38. The van der Waals surface area contributed by atoms with Crippen LogP contribution in [0.25, 0.3) is 0 Å². The fraction of sp³-hybridized carbons (Fsp3) is 0.552. The third-order valence-electron chi connectivity index (χ3n) is 6.51. The number of rotatable bonds is 13. The van der Waals surface area contributed by atoms with Crippen molar-refractivity contribution in [1.82, 2.24) is 5.32 Å². The van der Waals surface area contributed by atoms with E-state index in [9.17, 15) is 13.2 Å². The average Bonchev–Trinajstić information content (AvgIpc) is 2.76. The molecule has 0 spiro atoms. The monoisotopic (exact) mass is 501 g/mol. The molecule has 0 amide bonds. The van der Waals surface area contributed by atoms with Gasteiger partial charge < -0.3 is 10.1 Å². The number of carbonyl (C=O) groups is 1. The lowest BCUT2D eigenvalue weighted by atomic mass is 9.89. The van der Waals surface area contributed by atoms with Gasteiger partial charge in [0, 0.05) is 24.8 Å². The summed E-state index contributed by atoms with van der Waals surface area (Å²) in [5, 5.41) is 3.22. The van der Waals surface area contributed by atoms with Crippen molar-refractivity contribution in [2.45, 2.75) is 73.3 Å². The van der Waals surface area contributed by atoms with E-state index in [0.29, 0.717) is 19.0 Å². The molecule has 0 saturated heterocycles. The summed E-state index contributed by atoms with van der Waals surface area (Å²) in [7, 11) is -2.94. The number of sulfone groups is 1. The highest BCUT2D eigenvalue weighted by Crippen LogP contribution is 2.30. The predicted octanol–water partition coefficient (Wildman–Crippen LogP) is 5.56. The van der Waals surface area contributed by atoms with Crippen LogP contribution < -0.4 is 10.1 Å². The highest BCUT2D eigenvalue weighted by atomic mass is 32.2. The van der Waals surface area contributed by atoms with Crippen molar-refractivity contribution in [3.63, 3.8) is 0 Å². The van der Waals surface area contributed by atoms with Crippen molar-refractivity contribution < 1.29 is 17.9 Å². The lowest BCUT2D eigenvalue weighted by Crippen LogP contribution is -2.26. The molecule has 0 radical (unpaired) electrons. The summed E-state index contributed by atoms with van der Waals surface area (Å²) in [5.74, 6) is 1.48. The number of hydrogen-bond acceptors (Lipinski definition) is 5. The molecule has 0 bridgehead atoms. The minimum absolute atomic E-state index is 0.0957. The summed E-state index contributed by atoms with van der Waals surface area (Å²) in [4.78, 5) is 12.2. The van der Waals surface area contributed by atoms with Gasteiger partial charge in [0.1, 0.15) is 22.2 Å². The molecule has 1 N–H and O–H groups in total. The maximum absolute atomic E-state index is 12.2.